The minimum Gasteiger partial charge on any atom is -0.493 e. The number of para-hydroxylation sites is 1. The van der Waals surface area contributed by atoms with Crippen LogP contribution in [0.5, 0.6) is 5.75 Å². The van der Waals surface area contributed by atoms with Gasteiger partial charge in [-0.05, 0) is 24.4 Å². The summed E-state index contributed by atoms with van der Waals surface area (Å²) in [6.07, 6.45) is -0.595. The highest BCUT2D eigenvalue weighted by molar-refractivity contribution is 7.10. The molecule has 0 aliphatic carbocycles. The van der Waals surface area contributed by atoms with E-state index in [2.05, 4.69) is 0 Å². The van der Waals surface area contributed by atoms with Crippen LogP contribution in [-0.4, -0.2) is 11.7 Å². The van der Waals surface area contributed by atoms with Gasteiger partial charge in [0.2, 0.25) is 0 Å². The fraction of sp³-hybridized carbons (Fsp3) is 0.231. The maximum atomic E-state index is 10.2. The van der Waals surface area contributed by atoms with Gasteiger partial charge in [0.15, 0.2) is 0 Å². The van der Waals surface area contributed by atoms with Crippen molar-refractivity contribution in [3.05, 3.63) is 52.2 Å². The Hall–Kier alpha value is -1.32. The Morgan fingerprint density at radius 1 is 1.25 bits per heavy atom. The van der Waals surface area contributed by atoms with Crippen LogP contribution in [0, 0.1) is 0 Å². The average Bonchev–Trinajstić information content (AvgIpc) is 2.83. The van der Waals surface area contributed by atoms with E-state index >= 15 is 0 Å². The van der Waals surface area contributed by atoms with Crippen molar-refractivity contribution < 1.29 is 9.84 Å². The quantitative estimate of drug-likeness (QED) is 0.880. The predicted octanol–water partition coefficient (Wildman–Crippen LogP) is 3.23. The molecule has 0 aliphatic rings. The van der Waals surface area contributed by atoms with Crippen molar-refractivity contribution in [1.29, 1.82) is 0 Å². The summed E-state index contributed by atoms with van der Waals surface area (Å²) in [5.74, 6) is 0.755. The van der Waals surface area contributed by atoms with Crippen LogP contribution in [0.1, 0.15) is 23.5 Å². The second-order valence-corrected chi connectivity index (χ2v) is 4.37. The molecule has 1 unspecified atom stereocenters. The van der Waals surface area contributed by atoms with E-state index < -0.39 is 6.10 Å². The average molecular weight is 234 g/mol. The number of thiophene rings is 1. The second-order valence-electron chi connectivity index (χ2n) is 3.39. The first-order chi connectivity index (χ1) is 7.83. The molecule has 0 bridgehead atoms. The summed E-state index contributed by atoms with van der Waals surface area (Å²) in [6, 6.07) is 11.5. The third kappa shape index (κ3) is 2.26. The number of aliphatic hydroxyl groups is 1. The highest BCUT2D eigenvalue weighted by Crippen LogP contribution is 2.31. The van der Waals surface area contributed by atoms with E-state index in [-0.39, 0.29) is 0 Å². The van der Waals surface area contributed by atoms with Crippen LogP contribution in [0.3, 0.4) is 0 Å². The van der Waals surface area contributed by atoms with Gasteiger partial charge in [-0.15, -0.1) is 11.3 Å². The molecule has 3 heteroatoms. The Labute approximate surface area is 99.1 Å². The van der Waals surface area contributed by atoms with Crippen molar-refractivity contribution in [3.8, 4) is 5.75 Å². The number of rotatable bonds is 4. The zero-order valence-corrected chi connectivity index (χ0v) is 9.91. The lowest BCUT2D eigenvalue weighted by molar-refractivity contribution is 0.215. The lowest BCUT2D eigenvalue weighted by Crippen LogP contribution is -2.02. The molecule has 0 aliphatic heterocycles. The summed E-state index contributed by atoms with van der Waals surface area (Å²) in [6.45, 7) is 2.54. The third-order valence-corrected chi connectivity index (χ3v) is 3.25. The lowest BCUT2D eigenvalue weighted by Gasteiger charge is -2.14. The van der Waals surface area contributed by atoms with E-state index in [1.165, 1.54) is 0 Å². The zero-order valence-electron chi connectivity index (χ0n) is 9.09. The van der Waals surface area contributed by atoms with Gasteiger partial charge in [0.25, 0.3) is 0 Å². The number of hydrogen-bond acceptors (Lipinski definition) is 3. The maximum absolute atomic E-state index is 10.2. The first-order valence-electron chi connectivity index (χ1n) is 5.26. The number of benzene rings is 1. The van der Waals surface area contributed by atoms with Crippen LogP contribution in [0.15, 0.2) is 41.8 Å². The summed E-state index contributed by atoms with van der Waals surface area (Å²) >= 11 is 1.55. The molecule has 2 nitrogen and oxygen atoms in total. The molecular formula is C13H14O2S. The van der Waals surface area contributed by atoms with Gasteiger partial charge in [0.05, 0.1) is 6.61 Å². The third-order valence-electron chi connectivity index (χ3n) is 2.33. The van der Waals surface area contributed by atoms with Gasteiger partial charge in [-0.1, -0.05) is 24.3 Å². The second kappa shape index (κ2) is 5.14. The van der Waals surface area contributed by atoms with Crippen LogP contribution in [0.2, 0.25) is 0 Å². The minimum atomic E-state index is -0.595. The molecule has 1 N–H and O–H groups in total. The summed E-state index contributed by atoms with van der Waals surface area (Å²) in [5, 5.41) is 12.2. The topological polar surface area (TPSA) is 29.5 Å². The molecule has 1 atom stereocenters. The van der Waals surface area contributed by atoms with Crippen LogP contribution < -0.4 is 4.74 Å². The van der Waals surface area contributed by atoms with E-state index in [1.807, 2.05) is 48.7 Å². The van der Waals surface area contributed by atoms with Gasteiger partial charge in [-0.3, -0.25) is 0 Å². The fourth-order valence-corrected chi connectivity index (χ4v) is 2.32. The molecule has 2 aromatic rings. The molecule has 0 fully saturated rings. The van der Waals surface area contributed by atoms with Crippen molar-refractivity contribution >= 4 is 11.3 Å². The molecule has 1 aromatic carbocycles. The molecule has 0 saturated carbocycles. The number of ether oxygens (including phenoxy) is 1. The van der Waals surface area contributed by atoms with Crippen LogP contribution in [0.25, 0.3) is 0 Å². The van der Waals surface area contributed by atoms with Crippen molar-refractivity contribution in [3.63, 3.8) is 0 Å². The van der Waals surface area contributed by atoms with Crippen molar-refractivity contribution in [1.82, 2.24) is 0 Å². The molecule has 2 rings (SSSR count). The van der Waals surface area contributed by atoms with Gasteiger partial charge in [-0.25, -0.2) is 0 Å². The molecule has 1 aromatic heterocycles. The Bertz CT molecular complexity index is 437. The highest BCUT2D eigenvalue weighted by atomic mass is 32.1. The molecule has 1 heterocycles. The number of aliphatic hydroxyl groups excluding tert-OH is 1. The van der Waals surface area contributed by atoms with Gasteiger partial charge in [0, 0.05) is 10.4 Å². The molecule has 16 heavy (non-hydrogen) atoms. The molecular weight excluding hydrogens is 220 g/mol. The standard InChI is InChI=1S/C13H14O2S/c1-2-15-11-7-4-3-6-10(11)13(14)12-8-5-9-16-12/h3-9,13-14H,2H2,1H3. The minimum absolute atomic E-state index is 0.595. The summed E-state index contributed by atoms with van der Waals surface area (Å²) in [5.41, 5.74) is 0.826. The van der Waals surface area contributed by atoms with Crippen molar-refractivity contribution in [2.24, 2.45) is 0 Å². The van der Waals surface area contributed by atoms with E-state index in [1.54, 1.807) is 11.3 Å². The first kappa shape index (κ1) is 11.2. The molecule has 0 spiro atoms. The van der Waals surface area contributed by atoms with E-state index in [9.17, 15) is 5.11 Å². The summed E-state index contributed by atoms with van der Waals surface area (Å²) < 4.78 is 5.50. The number of hydrogen-bond donors (Lipinski definition) is 1. The van der Waals surface area contributed by atoms with Crippen LogP contribution in [-0.2, 0) is 0 Å². The van der Waals surface area contributed by atoms with Gasteiger partial charge in [0.1, 0.15) is 11.9 Å². The normalized spacial score (nSPS) is 12.4. The monoisotopic (exact) mass is 234 g/mol. The predicted molar refractivity (Wildman–Crippen MR) is 66.0 cm³/mol. The first-order valence-corrected chi connectivity index (χ1v) is 6.14. The van der Waals surface area contributed by atoms with Gasteiger partial charge in [-0.2, -0.15) is 0 Å². The maximum Gasteiger partial charge on any atom is 0.125 e. The van der Waals surface area contributed by atoms with Crippen molar-refractivity contribution in [2.45, 2.75) is 13.0 Å². The molecule has 0 saturated heterocycles. The SMILES string of the molecule is CCOc1ccccc1C(O)c1cccs1. The summed E-state index contributed by atoms with van der Waals surface area (Å²) in [4.78, 5) is 0.937. The molecule has 84 valence electrons. The molecule has 0 amide bonds. The molecule has 0 radical (unpaired) electrons. The Balaban J connectivity index is 2.32. The van der Waals surface area contributed by atoms with Gasteiger partial charge < -0.3 is 9.84 Å². The van der Waals surface area contributed by atoms with E-state index in [0.717, 1.165) is 16.2 Å². The van der Waals surface area contributed by atoms with E-state index in [0.29, 0.717) is 6.61 Å². The summed E-state index contributed by atoms with van der Waals surface area (Å²) in [7, 11) is 0. The van der Waals surface area contributed by atoms with E-state index in [4.69, 9.17) is 4.74 Å². The Kier molecular flexibility index (Phi) is 3.59. The van der Waals surface area contributed by atoms with Crippen LogP contribution in [0.4, 0.5) is 0 Å². The fourth-order valence-electron chi connectivity index (χ4n) is 1.59. The lowest BCUT2D eigenvalue weighted by atomic mass is 10.1. The largest absolute Gasteiger partial charge is 0.493 e. The van der Waals surface area contributed by atoms with Crippen LogP contribution >= 0.6 is 11.3 Å². The van der Waals surface area contributed by atoms with Crippen molar-refractivity contribution in [2.75, 3.05) is 6.61 Å². The Morgan fingerprint density at radius 3 is 2.75 bits per heavy atom. The highest BCUT2D eigenvalue weighted by Gasteiger charge is 2.15. The zero-order chi connectivity index (χ0) is 11.4. The Morgan fingerprint density at radius 2 is 2.06 bits per heavy atom. The smallest absolute Gasteiger partial charge is 0.125 e. The van der Waals surface area contributed by atoms with Gasteiger partial charge >= 0.3 is 0 Å².